The van der Waals surface area contributed by atoms with E-state index in [-0.39, 0.29) is 48.4 Å². The van der Waals surface area contributed by atoms with E-state index in [4.69, 9.17) is 9.47 Å². The Morgan fingerprint density at radius 1 is 1.23 bits per heavy atom. The Morgan fingerprint density at radius 2 is 1.88 bits per heavy atom. The third kappa shape index (κ3) is 3.20. The highest BCUT2D eigenvalue weighted by molar-refractivity contribution is 7.94. The van der Waals surface area contributed by atoms with Gasteiger partial charge in [-0.25, -0.2) is 21.1 Å². The topological polar surface area (TPSA) is 110 Å². The predicted molar refractivity (Wildman–Crippen MR) is 93.0 cm³/mol. The molecule has 3 rings (SSSR count). The molecule has 26 heavy (non-hydrogen) atoms. The van der Waals surface area contributed by atoms with Crippen molar-refractivity contribution >= 4 is 31.6 Å². The molecule has 2 heterocycles. The molecule has 0 bridgehead atoms. The molecule has 2 aliphatic heterocycles. The maximum atomic E-state index is 13.0. The highest BCUT2D eigenvalue weighted by Gasteiger charge is 2.42. The Balaban J connectivity index is 2.09. The number of nitrogens with zero attached hydrogens (tertiary/aromatic N) is 2. The van der Waals surface area contributed by atoms with Crippen LogP contribution in [0.15, 0.2) is 23.1 Å². The van der Waals surface area contributed by atoms with Crippen LogP contribution in [0.2, 0.25) is 0 Å². The zero-order chi connectivity index (χ0) is 19.1. The van der Waals surface area contributed by atoms with Crippen LogP contribution in [0.3, 0.4) is 0 Å². The van der Waals surface area contributed by atoms with Crippen molar-refractivity contribution in [1.82, 2.24) is 4.31 Å². The van der Waals surface area contributed by atoms with Crippen molar-refractivity contribution in [1.29, 1.82) is 0 Å². The van der Waals surface area contributed by atoms with Crippen molar-refractivity contribution in [3.8, 4) is 5.75 Å². The number of methoxy groups -OCH3 is 1. The number of ether oxygens (including phenoxy) is 2. The molecule has 144 valence electrons. The molecule has 0 spiro atoms. The second-order valence-electron chi connectivity index (χ2n) is 6.13. The molecule has 11 heteroatoms. The summed E-state index contributed by atoms with van der Waals surface area (Å²) < 4.78 is 62.8. The third-order valence-corrected chi connectivity index (χ3v) is 8.12. The SMILES string of the molecule is COc1ccc(N2C(=O)[C@@H](C)CS2(=O)=O)cc1S(=O)(=O)N1CCOCC1. The second kappa shape index (κ2) is 6.80. The van der Waals surface area contributed by atoms with Crippen molar-refractivity contribution < 1.29 is 31.1 Å². The fraction of sp³-hybridized carbons (Fsp3) is 0.533. The Bertz CT molecular complexity index is 921. The van der Waals surface area contributed by atoms with Gasteiger partial charge in [0.25, 0.3) is 0 Å². The van der Waals surface area contributed by atoms with Gasteiger partial charge in [-0.05, 0) is 18.2 Å². The first kappa shape index (κ1) is 19.1. The van der Waals surface area contributed by atoms with Gasteiger partial charge in [0.2, 0.25) is 26.0 Å². The molecule has 1 aromatic carbocycles. The van der Waals surface area contributed by atoms with Gasteiger partial charge in [0.15, 0.2) is 0 Å². The minimum absolute atomic E-state index is 0.00742. The number of morpholine rings is 1. The molecule has 1 amide bonds. The van der Waals surface area contributed by atoms with Crippen molar-refractivity contribution in [2.45, 2.75) is 11.8 Å². The van der Waals surface area contributed by atoms with Crippen LogP contribution in [0.5, 0.6) is 5.75 Å². The first-order valence-electron chi connectivity index (χ1n) is 8.01. The van der Waals surface area contributed by atoms with E-state index in [1.165, 1.54) is 36.5 Å². The summed E-state index contributed by atoms with van der Waals surface area (Å²) in [6.45, 7) is 2.45. The predicted octanol–water partition coefficient (Wildman–Crippen LogP) is 0.0286. The maximum absolute atomic E-state index is 13.0. The van der Waals surface area contributed by atoms with E-state index in [2.05, 4.69) is 0 Å². The molecule has 1 aromatic rings. The Hall–Kier alpha value is -1.69. The highest BCUT2D eigenvalue weighted by Crippen LogP contribution is 2.35. The standard InChI is InChI=1S/C15H20N2O7S2/c1-11-10-25(19,20)17(15(11)18)12-3-4-13(23-2)14(9-12)26(21,22)16-5-7-24-8-6-16/h3-4,9,11H,5-8,10H2,1-2H3/t11-/m0/s1. The van der Waals surface area contributed by atoms with E-state index in [9.17, 15) is 21.6 Å². The highest BCUT2D eigenvalue weighted by atomic mass is 32.2. The molecular formula is C15H20N2O7S2. The van der Waals surface area contributed by atoms with Crippen molar-refractivity contribution in [3.63, 3.8) is 0 Å². The summed E-state index contributed by atoms with van der Waals surface area (Å²) in [4.78, 5) is 12.1. The smallest absolute Gasteiger partial charge is 0.246 e. The lowest BCUT2D eigenvalue weighted by Gasteiger charge is -2.27. The van der Waals surface area contributed by atoms with Gasteiger partial charge in [-0.3, -0.25) is 4.79 Å². The number of amides is 1. The quantitative estimate of drug-likeness (QED) is 0.696. The Kier molecular flexibility index (Phi) is 4.99. The van der Waals surface area contributed by atoms with Crippen molar-refractivity contribution in [3.05, 3.63) is 18.2 Å². The van der Waals surface area contributed by atoms with Crippen molar-refractivity contribution in [2.24, 2.45) is 5.92 Å². The first-order valence-corrected chi connectivity index (χ1v) is 11.1. The molecule has 0 N–H and O–H groups in total. The van der Waals surface area contributed by atoms with E-state index in [1.807, 2.05) is 0 Å². The number of benzene rings is 1. The Labute approximate surface area is 152 Å². The van der Waals surface area contributed by atoms with Gasteiger partial charge in [-0.1, -0.05) is 6.92 Å². The summed E-state index contributed by atoms with van der Waals surface area (Å²) in [7, 11) is -6.43. The molecule has 1 atom stereocenters. The molecule has 0 radical (unpaired) electrons. The lowest BCUT2D eigenvalue weighted by atomic mass is 10.2. The van der Waals surface area contributed by atoms with E-state index in [0.717, 1.165) is 0 Å². The zero-order valence-electron chi connectivity index (χ0n) is 14.4. The van der Waals surface area contributed by atoms with Crippen LogP contribution in [0.1, 0.15) is 6.92 Å². The largest absolute Gasteiger partial charge is 0.495 e. The van der Waals surface area contributed by atoms with Crippen LogP contribution < -0.4 is 9.04 Å². The number of carbonyl (C=O) groups is 1. The minimum atomic E-state index is -3.93. The molecule has 0 unspecified atom stereocenters. The zero-order valence-corrected chi connectivity index (χ0v) is 16.0. The van der Waals surface area contributed by atoms with E-state index < -0.39 is 31.9 Å². The summed E-state index contributed by atoms with van der Waals surface area (Å²) in [5, 5.41) is 0. The van der Waals surface area contributed by atoms with Gasteiger partial charge in [0, 0.05) is 13.1 Å². The Morgan fingerprint density at radius 3 is 2.42 bits per heavy atom. The molecule has 2 aliphatic rings. The molecule has 0 aromatic heterocycles. The molecule has 9 nitrogen and oxygen atoms in total. The number of hydrogen-bond donors (Lipinski definition) is 0. The summed E-state index contributed by atoms with van der Waals surface area (Å²) in [6.07, 6.45) is 0. The van der Waals surface area contributed by atoms with E-state index in [0.29, 0.717) is 4.31 Å². The summed E-state index contributed by atoms with van der Waals surface area (Å²) in [6, 6.07) is 3.90. The number of hydrogen-bond acceptors (Lipinski definition) is 7. The first-order chi connectivity index (χ1) is 12.2. The van der Waals surface area contributed by atoms with Gasteiger partial charge in [0.05, 0.1) is 37.7 Å². The number of rotatable bonds is 4. The van der Waals surface area contributed by atoms with Crippen molar-refractivity contribution in [2.75, 3.05) is 43.5 Å². The fourth-order valence-corrected chi connectivity index (χ4v) is 6.40. The number of sulfonamides is 2. The van der Waals surface area contributed by atoms with Gasteiger partial charge in [0.1, 0.15) is 10.6 Å². The monoisotopic (exact) mass is 404 g/mol. The average molecular weight is 404 g/mol. The summed E-state index contributed by atoms with van der Waals surface area (Å²) in [5.74, 6) is -1.48. The van der Waals surface area contributed by atoms with Crippen LogP contribution in [-0.4, -0.2) is 66.2 Å². The van der Waals surface area contributed by atoms with Crippen LogP contribution in [0.4, 0.5) is 5.69 Å². The van der Waals surface area contributed by atoms with Gasteiger partial charge in [-0.2, -0.15) is 4.31 Å². The average Bonchev–Trinajstić information content (AvgIpc) is 2.82. The number of anilines is 1. The third-order valence-electron chi connectivity index (χ3n) is 4.33. The van der Waals surface area contributed by atoms with Gasteiger partial charge in [-0.15, -0.1) is 0 Å². The van der Waals surface area contributed by atoms with E-state index >= 15 is 0 Å². The lowest BCUT2D eigenvalue weighted by Crippen LogP contribution is -2.40. The van der Waals surface area contributed by atoms with Crippen LogP contribution in [0.25, 0.3) is 0 Å². The van der Waals surface area contributed by atoms with Crippen LogP contribution in [0, 0.1) is 5.92 Å². The molecule has 2 fully saturated rings. The fourth-order valence-electron chi connectivity index (χ4n) is 3.01. The summed E-state index contributed by atoms with van der Waals surface area (Å²) in [5.41, 5.74) is -0.00742. The minimum Gasteiger partial charge on any atom is -0.495 e. The van der Waals surface area contributed by atoms with E-state index in [1.54, 1.807) is 0 Å². The molecule has 2 saturated heterocycles. The molecular weight excluding hydrogens is 384 g/mol. The van der Waals surface area contributed by atoms with Gasteiger partial charge >= 0.3 is 0 Å². The van der Waals surface area contributed by atoms with Crippen LogP contribution in [-0.2, 0) is 29.6 Å². The van der Waals surface area contributed by atoms with Crippen LogP contribution >= 0.6 is 0 Å². The molecule has 0 saturated carbocycles. The maximum Gasteiger partial charge on any atom is 0.246 e. The normalized spacial score (nSPS) is 24.0. The van der Waals surface area contributed by atoms with Gasteiger partial charge < -0.3 is 9.47 Å². The molecule has 0 aliphatic carbocycles. The number of carbonyl (C=O) groups excluding carboxylic acids is 1. The summed E-state index contributed by atoms with van der Waals surface area (Å²) >= 11 is 0. The second-order valence-corrected chi connectivity index (χ2v) is 9.90. The lowest BCUT2D eigenvalue weighted by molar-refractivity contribution is -0.119.